The first-order chi connectivity index (χ1) is 27.7. The van der Waals surface area contributed by atoms with Crippen LogP contribution in [0.3, 0.4) is 0 Å². The van der Waals surface area contributed by atoms with Crippen LogP contribution in [0.1, 0.15) is 146 Å². The van der Waals surface area contributed by atoms with Crippen molar-refractivity contribution in [1.82, 2.24) is 0 Å². The molecule has 0 aliphatic rings. The third-order valence-electron chi connectivity index (χ3n) is 9.59. The van der Waals surface area contributed by atoms with Crippen molar-refractivity contribution in [2.75, 3.05) is 47.5 Å². The molecule has 1 aromatic rings. The third-order valence-corrected chi connectivity index (χ3v) is 10.6. The van der Waals surface area contributed by atoms with Gasteiger partial charge in [-0.15, -0.1) is 0 Å². The fourth-order valence-corrected chi connectivity index (χ4v) is 6.69. The van der Waals surface area contributed by atoms with E-state index in [2.05, 4.69) is 64.2 Å². The summed E-state index contributed by atoms with van der Waals surface area (Å²) in [6.45, 7) is 8.28. The van der Waals surface area contributed by atoms with Crippen LogP contribution in [0.5, 0.6) is 0 Å². The molecule has 2 unspecified atom stereocenters. The lowest BCUT2D eigenvalue weighted by Crippen LogP contribution is -2.37. The molecule has 0 aromatic carbocycles. The van der Waals surface area contributed by atoms with Crippen LogP contribution in [-0.4, -0.2) is 86.1 Å². The molecule has 0 fully saturated rings. The fourth-order valence-electron chi connectivity index (χ4n) is 5.95. The Labute approximate surface area is 351 Å². The maximum atomic E-state index is 12.7. The number of nitrogens with zero attached hydrogens (tertiary/aromatic N) is 1. The van der Waals surface area contributed by atoms with Crippen LogP contribution in [0.2, 0.25) is 0 Å². The minimum atomic E-state index is -4.41. The number of esters is 2. The summed E-state index contributed by atoms with van der Waals surface area (Å²) in [4.78, 5) is 35.4. The van der Waals surface area contributed by atoms with Gasteiger partial charge in [-0.25, -0.2) is 4.57 Å². The van der Waals surface area contributed by atoms with Gasteiger partial charge in [-0.1, -0.05) is 94.6 Å². The molecule has 58 heavy (non-hydrogen) atoms. The van der Waals surface area contributed by atoms with Gasteiger partial charge in [-0.3, -0.25) is 18.6 Å². The average molecular weight is 837 g/mol. The maximum absolute atomic E-state index is 12.7. The monoisotopic (exact) mass is 837 g/mol. The van der Waals surface area contributed by atoms with Crippen molar-refractivity contribution in [1.29, 1.82) is 0 Å². The predicted molar refractivity (Wildman–Crippen MR) is 233 cm³/mol. The van der Waals surface area contributed by atoms with E-state index in [-0.39, 0.29) is 32.2 Å². The molecule has 1 heterocycles. The highest BCUT2D eigenvalue weighted by atomic mass is 31.2. The number of likely N-dealkylation sites (N-methyl/N-ethyl adjacent to an activating group) is 1. The third kappa shape index (κ3) is 28.6. The second kappa shape index (κ2) is 32.0. The maximum Gasteiger partial charge on any atom is 0.472 e. The van der Waals surface area contributed by atoms with Crippen molar-refractivity contribution in [3.8, 4) is 0 Å². The summed E-state index contributed by atoms with van der Waals surface area (Å²) < 4.78 is 40.4. The first-order valence-electron chi connectivity index (χ1n) is 21.8. The number of aryl methyl sites for hydroxylation is 2. The molecule has 0 spiro atoms. The van der Waals surface area contributed by atoms with Gasteiger partial charge in [0.1, 0.15) is 31.3 Å². The molecule has 0 bridgehead atoms. The Morgan fingerprint density at radius 2 is 1.29 bits per heavy atom. The van der Waals surface area contributed by atoms with Crippen LogP contribution >= 0.6 is 7.82 Å². The van der Waals surface area contributed by atoms with E-state index in [0.717, 1.165) is 95.0 Å². The highest BCUT2D eigenvalue weighted by Gasteiger charge is 2.27. The number of quaternary nitrogens is 1. The van der Waals surface area contributed by atoms with Crippen molar-refractivity contribution in [3.63, 3.8) is 0 Å². The van der Waals surface area contributed by atoms with Crippen molar-refractivity contribution < 1.29 is 51.6 Å². The van der Waals surface area contributed by atoms with Crippen molar-refractivity contribution in [3.05, 3.63) is 71.3 Å². The number of allylic oxidation sites excluding steroid dienone is 7. The molecule has 11 nitrogen and oxygen atoms in total. The number of carbonyl (C=O) groups is 2. The smallest absolute Gasteiger partial charge is 0.466 e. The lowest BCUT2D eigenvalue weighted by molar-refractivity contribution is -0.870. The van der Waals surface area contributed by atoms with E-state index in [1.54, 1.807) is 0 Å². The average Bonchev–Trinajstić information content (AvgIpc) is 3.42. The number of phosphoric ester groups is 1. The van der Waals surface area contributed by atoms with Crippen molar-refractivity contribution in [2.45, 2.75) is 162 Å². The second-order valence-corrected chi connectivity index (χ2v) is 17.6. The summed E-state index contributed by atoms with van der Waals surface area (Å²) in [5, 5.41) is 9.74. The lowest BCUT2D eigenvalue weighted by Gasteiger charge is -2.24. The van der Waals surface area contributed by atoms with Gasteiger partial charge in [0.15, 0.2) is 6.10 Å². The molecule has 2 N–H and O–H groups in total. The highest BCUT2D eigenvalue weighted by molar-refractivity contribution is 7.47. The molecule has 12 heteroatoms. The van der Waals surface area contributed by atoms with Gasteiger partial charge >= 0.3 is 19.8 Å². The van der Waals surface area contributed by atoms with Gasteiger partial charge in [-0.2, -0.15) is 0 Å². The topological polar surface area (TPSA) is 142 Å². The number of phosphoric acid groups is 1. The quantitative estimate of drug-likeness (QED) is 0.0223. The number of carbonyl (C=O) groups excluding carboxylic acids is 2. The van der Waals surface area contributed by atoms with E-state index >= 15 is 0 Å². The van der Waals surface area contributed by atoms with E-state index in [1.807, 2.05) is 33.3 Å². The van der Waals surface area contributed by atoms with Crippen LogP contribution in [0.25, 0.3) is 0 Å². The first kappa shape index (κ1) is 53.2. The largest absolute Gasteiger partial charge is 0.472 e. The van der Waals surface area contributed by atoms with Crippen LogP contribution in [-0.2, 0) is 45.5 Å². The molecule has 1 rings (SSSR count). The molecule has 332 valence electrons. The molecule has 0 aliphatic carbocycles. The zero-order chi connectivity index (χ0) is 43.1. The van der Waals surface area contributed by atoms with E-state index in [4.69, 9.17) is 22.9 Å². The van der Waals surface area contributed by atoms with E-state index < -0.39 is 32.5 Å². The minimum absolute atomic E-state index is 0.00572. The van der Waals surface area contributed by atoms with Gasteiger partial charge in [-0.05, 0) is 89.2 Å². The van der Waals surface area contributed by atoms with Crippen LogP contribution in [0.15, 0.2) is 53.0 Å². The highest BCUT2D eigenvalue weighted by Crippen LogP contribution is 2.43. The summed E-state index contributed by atoms with van der Waals surface area (Å²) in [7, 11) is 1.39. The summed E-state index contributed by atoms with van der Waals surface area (Å²) in [5.74, 6) is 1.30. The molecule has 1 aromatic heterocycles. The first-order valence-corrected chi connectivity index (χ1v) is 23.3. The number of unbranched alkanes of at least 4 members (excludes halogenated alkanes) is 6. The zero-order valence-electron chi connectivity index (χ0n) is 37.1. The predicted octanol–water partition coefficient (Wildman–Crippen LogP) is 10.5. The number of aliphatic hydroxyl groups is 1. The Bertz CT molecular complexity index is 1420. The van der Waals surface area contributed by atoms with Gasteiger partial charge in [0.05, 0.1) is 33.9 Å². The van der Waals surface area contributed by atoms with Crippen LogP contribution < -0.4 is 0 Å². The van der Waals surface area contributed by atoms with E-state index in [9.17, 15) is 24.2 Å². The number of hydrogen-bond acceptors (Lipinski definition) is 9. The molecule has 0 saturated heterocycles. The Morgan fingerprint density at radius 3 is 1.91 bits per heavy atom. The number of furan rings is 1. The van der Waals surface area contributed by atoms with Crippen LogP contribution in [0.4, 0.5) is 0 Å². The Morgan fingerprint density at radius 1 is 0.724 bits per heavy atom. The SMILES string of the molecule is CCCc1oc(CCCCCCCCC(=O)O[C@H](COC(=O)CCC/C=C\C/C=C\C/C=C\C/C=C\CC(O)CCC)COP(=O)(O)OCC[N+](C)(C)C)c(C)c1C. The van der Waals surface area contributed by atoms with Crippen molar-refractivity contribution >= 4 is 19.8 Å². The van der Waals surface area contributed by atoms with Gasteiger partial charge in [0.25, 0.3) is 0 Å². The molecular weight excluding hydrogens is 757 g/mol. The normalized spacial score (nSPS) is 14.6. The Kier molecular flexibility index (Phi) is 29.4. The van der Waals surface area contributed by atoms with Crippen LogP contribution in [0, 0.1) is 13.8 Å². The van der Waals surface area contributed by atoms with E-state index in [0.29, 0.717) is 36.7 Å². The number of rotatable bonds is 35. The Balaban J connectivity index is 2.42. The second-order valence-electron chi connectivity index (χ2n) is 16.1. The summed E-state index contributed by atoms with van der Waals surface area (Å²) >= 11 is 0. The standard InChI is InChI=1S/C46H78NO10P/c1-8-29-41(48)31-25-21-17-15-13-11-10-12-14-16-18-23-27-33-45(49)53-37-42(38-55-58(51,52)54-36-35-47(5,6)7)56-46(50)34-28-24-20-19-22-26-32-44-40(4)39(3)43(57-44)30-9-2/h10,12-13,15-16,18,21,25,41-42,48H,8-9,11,14,17,19-20,22-24,26-38H2,1-7H3/p+1/b12-10-,15-13-,18-16-,25-21-/t41?,42-/m1/s1. The zero-order valence-corrected chi connectivity index (χ0v) is 38.0. The van der Waals surface area contributed by atoms with Gasteiger partial charge < -0.3 is 28.4 Å². The molecule has 0 saturated carbocycles. The Hall–Kier alpha value is -2.79. The fraction of sp³-hybridized carbons (Fsp3) is 0.696. The molecule has 0 aliphatic heterocycles. The molecule has 0 radical (unpaired) electrons. The van der Waals surface area contributed by atoms with E-state index in [1.165, 1.54) is 11.1 Å². The van der Waals surface area contributed by atoms with Gasteiger partial charge in [0.2, 0.25) is 0 Å². The van der Waals surface area contributed by atoms with Gasteiger partial charge in [0, 0.05) is 25.7 Å². The number of ether oxygens (including phenoxy) is 2. The van der Waals surface area contributed by atoms with Crippen molar-refractivity contribution in [2.24, 2.45) is 0 Å². The number of aliphatic hydroxyl groups excluding tert-OH is 1. The molecule has 0 amide bonds. The lowest BCUT2D eigenvalue weighted by atomic mass is 10.0. The minimum Gasteiger partial charge on any atom is -0.466 e. The molecule has 3 atom stereocenters. The number of hydrogen-bond donors (Lipinski definition) is 2. The summed E-state index contributed by atoms with van der Waals surface area (Å²) in [6, 6.07) is 0. The molecular formula is C46H79NO10P+. The summed E-state index contributed by atoms with van der Waals surface area (Å²) in [6.07, 6.45) is 30.9. The summed E-state index contributed by atoms with van der Waals surface area (Å²) in [5.41, 5.74) is 2.56.